The van der Waals surface area contributed by atoms with Crippen LogP contribution in [0.5, 0.6) is 0 Å². The van der Waals surface area contributed by atoms with Crippen LogP contribution >= 0.6 is 0 Å². The molecule has 2 aromatic rings. The average Bonchev–Trinajstić information content (AvgIpc) is 3.29. The van der Waals surface area contributed by atoms with Crippen molar-refractivity contribution in [3.63, 3.8) is 0 Å². The van der Waals surface area contributed by atoms with Gasteiger partial charge in [-0.1, -0.05) is 6.07 Å². The van der Waals surface area contributed by atoms with E-state index in [-0.39, 0.29) is 17.4 Å². The van der Waals surface area contributed by atoms with Gasteiger partial charge in [-0.15, -0.1) is 5.10 Å². The zero-order valence-electron chi connectivity index (χ0n) is 17.0. The van der Waals surface area contributed by atoms with Gasteiger partial charge in [0.15, 0.2) is 0 Å². The molecule has 2 atom stereocenters. The fourth-order valence-electron chi connectivity index (χ4n) is 4.97. The van der Waals surface area contributed by atoms with E-state index in [1.54, 1.807) is 4.68 Å². The number of rotatable bonds is 5. The number of hydrogen-bond donors (Lipinski definition) is 0. The molecule has 0 aromatic carbocycles. The van der Waals surface area contributed by atoms with Gasteiger partial charge in [0.1, 0.15) is 6.33 Å². The predicted octanol–water partition coefficient (Wildman–Crippen LogP) is -0.297. The summed E-state index contributed by atoms with van der Waals surface area (Å²) in [6, 6.07) is 4.09. The number of carbonyl (C=O) groups is 1. The number of hydrogen-bond acceptors (Lipinski definition) is 7. The monoisotopic (exact) mass is 413 g/mol. The zero-order chi connectivity index (χ0) is 20.5. The summed E-state index contributed by atoms with van der Waals surface area (Å²) in [6.45, 7) is 6.44. The fourth-order valence-corrected chi connectivity index (χ4v) is 4.97. The Hall–Kier alpha value is -2.59. The van der Waals surface area contributed by atoms with Crippen molar-refractivity contribution >= 4 is 5.91 Å². The van der Waals surface area contributed by atoms with Crippen LogP contribution < -0.4 is 5.56 Å². The second kappa shape index (κ2) is 8.27. The van der Waals surface area contributed by atoms with E-state index in [1.165, 1.54) is 6.33 Å². The quantitative estimate of drug-likeness (QED) is 0.664. The largest absolute Gasteiger partial charge is 0.379 e. The van der Waals surface area contributed by atoms with E-state index >= 15 is 0 Å². The smallest absolute Gasteiger partial charge is 0.255 e. The van der Waals surface area contributed by atoms with Crippen molar-refractivity contribution in [2.75, 3.05) is 39.4 Å². The number of pyridine rings is 1. The van der Waals surface area contributed by atoms with Crippen molar-refractivity contribution in [3.8, 4) is 0 Å². The highest BCUT2D eigenvalue weighted by Crippen LogP contribution is 2.35. The molecule has 30 heavy (non-hydrogen) atoms. The number of nitrogens with zero attached hydrogens (tertiary/aromatic N) is 7. The third-order valence-corrected chi connectivity index (χ3v) is 6.48. The standard InChI is InChI=1S/C20H27N7O3/c28-19(3-4-26-14-21-22-23-26)25-10-15-9-17(13-25)18-2-1-16(20(29)27(18)11-15)12-24-5-7-30-8-6-24/h1-2,14-15,17H,3-13H2/t15-,17+/m0/s1. The first-order valence-electron chi connectivity index (χ1n) is 10.7. The van der Waals surface area contributed by atoms with Crippen LogP contribution in [-0.2, 0) is 29.2 Å². The molecule has 160 valence electrons. The van der Waals surface area contributed by atoms with E-state index in [2.05, 4.69) is 26.5 Å². The number of amides is 1. The van der Waals surface area contributed by atoms with Crippen molar-refractivity contribution in [2.45, 2.75) is 38.4 Å². The SMILES string of the molecule is O=C(CCn1cnnn1)N1C[C@@H]2C[C@H](C1)c1ccc(CN3CCOCC3)c(=O)n1C2. The summed E-state index contributed by atoms with van der Waals surface area (Å²) in [5.41, 5.74) is 2.06. The third-order valence-electron chi connectivity index (χ3n) is 6.48. The molecule has 2 fully saturated rings. The lowest BCUT2D eigenvalue weighted by Gasteiger charge is -2.43. The lowest BCUT2D eigenvalue weighted by Crippen LogP contribution is -2.49. The Kier molecular flexibility index (Phi) is 5.34. The maximum atomic E-state index is 13.2. The molecule has 3 aliphatic rings. The molecule has 10 heteroatoms. The van der Waals surface area contributed by atoms with E-state index in [4.69, 9.17) is 4.74 Å². The number of tetrazole rings is 1. The second-order valence-corrected chi connectivity index (χ2v) is 8.51. The molecule has 0 unspecified atom stereocenters. The number of aromatic nitrogens is 5. The molecule has 0 aliphatic carbocycles. The minimum absolute atomic E-state index is 0.125. The molecule has 1 amide bonds. The van der Waals surface area contributed by atoms with Gasteiger partial charge in [-0.3, -0.25) is 14.5 Å². The number of likely N-dealkylation sites (tertiary alicyclic amines) is 1. The van der Waals surface area contributed by atoms with Crippen LogP contribution in [0.15, 0.2) is 23.3 Å². The number of carbonyl (C=O) groups excluding carboxylic acids is 1. The van der Waals surface area contributed by atoms with Gasteiger partial charge >= 0.3 is 0 Å². The highest BCUT2D eigenvalue weighted by molar-refractivity contribution is 5.76. The highest BCUT2D eigenvalue weighted by Gasteiger charge is 2.36. The van der Waals surface area contributed by atoms with Gasteiger partial charge in [0.05, 0.1) is 19.8 Å². The number of morpholine rings is 1. The summed E-state index contributed by atoms with van der Waals surface area (Å²) >= 11 is 0. The maximum Gasteiger partial charge on any atom is 0.255 e. The normalized spacial score (nSPS) is 23.9. The van der Waals surface area contributed by atoms with E-state index in [0.29, 0.717) is 45.1 Å². The Bertz CT molecular complexity index is 952. The van der Waals surface area contributed by atoms with Crippen LogP contribution in [-0.4, -0.2) is 79.9 Å². The molecular formula is C20H27N7O3. The first-order valence-corrected chi connectivity index (χ1v) is 10.7. The fraction of sp³-hybridized carbons (Fsp3) is 0.650. The third kappa shape index (κ3) is 3.89. The lowest BCUT2D eigenvalue weighted by atomic mass is 9.83. The van der Waals surface area contributed by atoms with Crippen LogP contribution in [0, 0.1) is 5.92 Å². The second-order valence-electron chi connectivity index (χ2n) is 8.51. The molecule has 3 aliphatic heterocycles. The first-order chi connectivity index (χ1) is 14.7. The van der Waals surface area contributed by atoms with Crippen LogP contribution in [0.3, 0.4) is 0 Å². The molecule has 5 rings (SSSR count). The molecule has 0 radical (unpaired) electrons. The Morgan fingerprint density at radius 1 is 1.17 bits per heavy atom. The van der Waals surface area contributed by atoms with E-state index < -0.39 is 0 Å². The van der Waals surface area contributed by atoms with Crippen molar-refractivity contribution in [3.05, 3.63) is 40.1 Å². The summed E-state index contributed by atoms with van der Waals surface area (Å²) < 4.78 is 8.95. The van der Waals surface area contributed by atoms with Gasteiger partial charge in [0.25, 0.3) is 5.56 Å². The summed E-state index contributed by atoms with van der Waals surface area (Å²) in [5, 5.41) is 11.0. The summed E-state index contributed by atoms with van der Waals surface area (Å²) in [4.78, 5) is 30.1. The summed E-state index contributed by atoms with van der Waals surface area (Å²) in [6.07, 6.45) is 2.95. The van der Waals surface area contributed by atoms with Crippen LogP contribution in [0.25, 0.3) is 0 Å². The van der Waals surface area contributed by atoms with E-state index in [1.807, 2.05) is 15.5 Å². The zero-order valence-corrected chi connectivity index (χ0v) is 17.0. The minimum Gasteiger partial charge on any atom is -0.379 e. The topological polar surface area (TPSA) is 98.4 Å². The van der Waals surface area contributed by atoms with Crippen LogP contribution in [0.2, 0.25) is 0 Å². The van der Waals surface area contributed by atoms with Gasteiger partial charge < -0.3 is 14.2 Å². The molecule has 5 heterocycles. The van der Waals surface area contributed by atoms with Gasteiger partial charge in [-0.05, 0) is 28.8 Å². The number of aryl methyl sites for hydroxylation is 1. The number of piperidine rings is 1. The van der Waals surface area contributed by atoms with Crippen molar-refractivity contribution in [1.29, 1.82) is 0 Å². The molecule has 2 saturated heterocycles. The van der Waals surface area contributed by atoms with Gasteiger partial charge in [0.2, 0.25) is 5.91 Å². The molecule has 0 N–H and O–H groups in total. The molecule has 0 spiro atoms. The van der Waals surface area contributed by atoms with Gasteiger partial charge in [0, 0.05) is 62.9 Å². The summed E-state index contributed by atoms with van der Waals surface area (Å²) in [5.74, 6) is 0.670. The minimum atomic E-state index is 0.125. The molecule has 2 aromatic heterocycles. The first kappa shape index (κ1) is 19.4. The van der Waals surface area contributed by atoms with E-state index in [9.17, 15) is 9.59 Å². The average molecular weight is 413 g/mol. The predicted molar refractivity (Wildman–Crippen MR) is 107 cm³/mol. The number of ether oxygens (including phenoxy) is 1. The molecule has 10 nitrogen and oxygen atoms in total. The number of fused-ring (bicyclic) bond motifs is 4. The highest BCUT2D eigenvalue weighted by atomic mass is 16.5. The maximum absolute atomic E-state index is 13.2. The van der Waals surface area contributed by atoms with Gasteiger partial charge in [-0.2, -0.15) is 0 Å². The van der Waals surface area contributed by atoms with Gasteiger partial charge in [-0.25, -0.2) is 4.68 Å². The Labute approximate surface area is 174 Å². The summed E-state index contributed by atoms with van der Waals surface area (Å²) in [7, 11) is 0. The van der Waals surface area contributed by atoms with Crippen molar-refractivity contribution < 1.29 is 9.53 Å². The molecule has 2 bridgehead atoms. The van der Waals surface area contributed by atoms with E-state index in [0.717, 1.165) is 44.0 Å². The van der Waals surface area contributed by atoms with Crippen molar-refractivity contribution in [2.24, 2.45) is 5.92 Å². The van der Waals surface area contributed by atoms with Crippen LogP contribution in [0.1, 0.15) is 30.0 Å². The lowest BCUT2D eigenvalue weighted by molar-refractivity contribution is -0.134. The molecule has 0 saturated carbocycles. The Balaban J connectivity index is 1.28. The molecular weight excluding hydrogens is 386 g/mol. The van der Waals surface area contributed by atoms with Crippen LogP contribution in [0.4, 0.5) is 0 Å². The van der Waals surface area contributed by atoms with Crippen molar-refractivity contribution in [1.82, 2.24) is 34.6 Å². The Morgan fingerprint density at radius 2 is 2.03 bits per heavy atom. The Morgan fingerprint density at radius 3 is 2.83 bits per heavy atom.